The number of halogens is 3. The number of alkyl halides is 3. The van der Waals surface area contributed by atoms with Crippen molar-refractivity contribution in [3.8, 4) is 0 Å². The van der Waals surface area contributed by atoms with E-state index in [1.54, 1.807) is 0 Å². The van der Waals surface area contributed by atoms with Crippen molar-refractivity contribution >= 4 is 47.4 Å². The molecule has 2 aliphatic heterocycles. The van der Waals surface area contributed by atoms with Crippen LogP contribution in [0.4, 0.5) is 18.0 Å². The predicted molar refractivity (Wildman–Crippen MR) is 137 cm³/mol. The molecule has 0 aromatic carbocycles. The minimum absolute atomic E-state index is 0.0136. The molecule has 18 heteroatoms. The minimum Gasteiger partial charge on any atom is -0.481 e. The summed E-state index contributed by atoms with van der Waals surface area (Å²) >= 11 is 0. The lowest BCUT2D eigenvalue weighted by molar-refractivity contribution is -0.175. The number of nitrogens with zero attached hydrogens (tertiary/aromatic N) is 3. The van der Waals surface area contributed by atoms with Gasteiger partial charge in [0.05, 0.1) is 12.5 Å². The molecule has 2 aliphatic rings. The van der Waals surface area contributed by atoms with Gasteiger partial charge in [-0.25, -0.2) is 4.79 Å². The van der Waals surface area contributed by atoms with Crippen LogP contribution in [-0.4, -0.2) is 122 Å². The van der Waals surface area contributed by atoms with Gasteiger partial charge >= 0.3 is 24.1 Å². The number of Topliss-reactive ketones (excluding diaryl/α,β-unsaturated/α-hetero) is 1. The number of carbonyl (C=O) groups excluding carboxylic acids is 6. The van der Waals surface area contributed by atoms with Crippen molar-refractivity contribution in [3.63, 3.8) is 0 Å². The van der Waals surface area contributed by atoms with Crippen LogP contribution in [-0.2, 0) is 33.6 Å². The zero-order chi connectivity index (χ0) is 33.0. The molecule has 1 unspecified atom stereocenters. The second-order valence-electron chi connectivity index (χ2n) is 10.9. The Labute approximate surface area is 243 Å². The van der Waals surface area contributed by atoms with Crippen LogP contribution in [0.3, 0.4) is 0 Å². The number of nitrogens with one attached hydrogen (secondary N) is 2. The number of amides is 6. The first-order valence-electron chi connectivity index (χ1n) is 13.3. The van der Waals surface area contributed by atoms with E-state index in [2.05, 4.69) is 10.6 Å². The molecule has 0 aromatic heterocycles. The van der Waals surface area contributed by atoms with Crippen molar-refractivity contribution < 1.29 is 61.7 Å². The topological polar surface area (TPSA) is 211 Å². The van der Waals surface area contributed by atoms with E-state index in [9.17, 15) is 51.5 Å². The minimum atomic E-state index is -5.20. The Morgan fingerprint density at radius 3 is 1.98 bits per heavy atom. The first-order valence-corrected chi connectivity index (χ1v) is 13.3. The molecule has 4 N–H and O–H groups in total. The number of carboxylic acid groups (broad SMARTS) is 2. The highest BCUT2D eigenvalue weighted by Gasteiger charge is 2.49. The van der Waals surface area contributed by atoms with Gasteiger partial charge in [-0.05, 0) is 24.7 Å². The maximum absolute atomic E-state index is 13.5. The third kappa shape index (κ3) is 8.41. The molecule has 4 atom stereocenters. The fourth-order valence-electron chi connectivity index (χ4n) is 4.85. The lowest BCUT2D eigenvalue weighted by atomic mass is 9.98. The Balaban J connectivity index is 2.18. The summed E-state index contributed by atoms with van der Waals surface area (Å²) in [5.74, 6) is -10.6. The molecule has 0 bridgehead atoms. The molecule has 6 amide bonds. The summed E-state index contributed by atoms with van der Waals surface area (Å²) in [6.45, 7) is 3.75. The summed E-state index contributed by atoms with van der Waals surface area (Å²) in [6, 6.07) is -7.33. The molecule has 2 rings (SSSR count). The number of ketones is 1. The van der Waals surface area contributed by atoms with Crippen molar-refractivity contribution in [1.29, 1.82) is 0 Å². The maximum Gasteiger partial charge on any atom is 0.452 e. The molecule has 2 fully saturated rings. The molecule has 240 valence electrons. The molecule has 0 saturated carbocycles. The van der Waals surface area contributed by atoms with Crippen molar-refractivity contribution in [3.05, 3.63) is 0 Å². The predicted octanol–water partition coefficient (Wildman–Crippen LogP) is -0.417. The third-order valence-corrected chi connectivity index (χ3v) is 6.99. The van der Waals surface area contributed by atoms with E-state index in [-0.39, 0.29) is 13.0 Å². The molecular formula is C25H34F3N5O10. The SMILES string of the molecule is CC(C)[C@H](NC(=O)CN1C(=O)C(CC(=O)O)N(CC(=O)O)C1=O)C(=O)N1CCC[C@H]1C(=O)N[C@H](C(=O)C(F)(F)F)C(C)C. The average Bonchev–Trinajstić information content (AvgIpc) is 3.44. The van der Waals surface area contributed by atoms with Crippen LogP contribution in [0.2, 0.25) is 0 Å². The molecule has 0 radical (unpaired) electrons. The van der Waals surface area contributed by atoms with E-state index in [1.807, 2.05) is 0 Å². The van der Waals surface area contributed by atoms with Crippen LogP contribution in [0.1, 0.15) is 47.0 Å². The Morgan fingerprint density at radius 2 is 1.49 bits per heavy atom. The zero-order valence-corrected chi connectivity index (χ0v) is 23.8. The molecule has 2 heterocycles. The third-order valence-electron chi connectivity index (χ3n) is 6.99. The number of imide groups is 1. The van der Waals surface area contributed by atoms with E-state index in [4.69, 9.17) is 10.2 Å². The highest BCUT2D eigenvalue weighted by Crippen LogP contribution is 2.24. The zero-order valence-electron chi connectivity index (χ0n) is 23.8. The second kappa shape index (κ2) is 13.8. The van der Waals surface area contributed by atoms with Gasteiger partial charge in [0.2, 0.25) is 17.7 Å². The van der Waals surface area contributed by atoms with E-state index in [0.717, 1.165) is 4.90 Å². The lowest BCUT2D eigenvalue weighted by Gasteiger charge is -2.32. The Kier molecular flexibility index (Phi) is 11.2. The van der Waals surface area contributed by atoms with E-state index >= 15 is 0 Å². The van der Waals surface area contributed by atoms with Gasteiger partial charge < -0.3 is 30.6 Å². The highest BCUT2D eigenvalue weighted by molar-refractivity contribution is 6.08. The molecule has 0 spiro atoms. The van der Waals surface area contributed by atoms with Gasteiger partial charge in [-0.2, -0.15) is 13.2 Å². The number of carboxylic acids is 2. The summed E-state index contributed by atoms with van der Waals surface area (Å²) < 4.78 is 39.2. The summed E-state index contributed by atoms with van der Waals surface area (Å²) in [4.78, 5) is 101. The van der Waals surface area contributed by atoms with Crippen LogP contribution >= 0.6 is 0 Å². The second-order valence-corrected chi connectivity index (χ2v) is 10.9. The smallest absolute Gasteiger partial charge is 0.452 e. The van der Waals surface area contributed by atoms with Crippen molar-refractivity contribution in [2.45, 2.75) is 77.3 Å². The molecule has 0 aliphatic carbocycles. The maximum atomic E-state index is 13.5. The number of hydrogen-bond donors (Lipinski definition) is 4. The quantitative estimate of drug-likeness (QED) is 0.195. The Hall–Kier alpha value is -4.25. The summed E-state index contributed by atoms with van der Waals surface area (Å²) in [5.41, 5.74) is 0. The lowest BCUT2D eigenvalue weighted by Crippen LogP contribution is -2.58. The van der Waals surface area contributed by atoms with Gasteiger partial charge in [-0.1, -0.05) is 27.7 Å². The fourth-order valence-corrected chi connectivity index (χ4v) is 4.85. The van der Waals surface area contributed by atoms with E-state index in [0.29, 0.717) is 16.2 Å². The number of carbonyl (C=O) groups is 8. The van der Waals surface area contributed by atoms with Gasteiger partial charge in [-0.3, -0.25) is 38.5 Å². The van der Waals surface area contributed by atoms with Crippen molar-refractivity contribution in [2.24, 2.45) is 11.8 Å². The normalized spacial score (nSPS) is 20.4. The van der Waals surface area contributed by atoms with Gasteiger partial charge in [-0.15, -0.1) is 0 Å². The Morgan fingerprint density at radius 1 is 0.907 bits per heavy atom. The number of urea groups is 1. The molecule has 15 nitrogen and oxygen atoms in total. The van der Waals surface area contributed by atoms with E-state index < -0.39 is 109 Å². The average molecular weight is 622 g/mol. The first-order chi connectivity index (χ1) is 19.8. The largest absolute Gasteiger partial charge is 0.481 e. The highest BCUT2D eigenvalue weighted by atomic mass is 19.4. The number of rotatable bonds is 13. The van der Waals surface area contributed by atoms with Gasteiger partial charge in [0, 0.05) is 6.54 Å². The standard InChI is InChI=1S/C25H34F3N5O10/c1-11(2)18(20(39)25(26,27)28)30-21(40)13-6-5-7-31(13)23(42)19(12(3)4)29-15(34)9-33-22(41)14(8-16(35)36)32(24(33)43)10-17(37)38/h11-14,18-19H,5-10H2,1-4H3,(H,29,34)(H,30,40)(H,35,36)(H,37,38)/t13-,14?,18-,19-/m0/s1. The van der Waals surface area contributed by atoms with Crippen molar-refractivity contribution in [1.82, 2.24) is 25.3 Å². The fraction of sp³-hybridized carbons (Fsp3) is 0.680. The van der Waals surface area contributed by atoms with E-state index in [1.165, 1.54) is 27.7 Å². The summed E-state index contributed by atoms with van der Waals surface area (Å²) in [6.07, 6.45) is -5.74. The van der Waals surface area contributed by atoms with Gasteiger partial charge in [0.25, 0.3) is 11.7 Å². The number of likely N-dealkylation sites (tertiary alicyclic amines) is 1. The van der Waals surface area contributed by atoms with Crippen LogP contribution < -0.4 is 10.6 Å². The summed E-state index contributed by atoms with van der Waals surface area (Å²) in [7, 11) is 0. The molecule has 2 saturated heterocycles. The summed E-state index contributed by atoms with van der Waals surface area (Å²) in [5, 5.41) is 22.6. The Bertz CT molecular complexity index is 1140. The van der Waals surface area contributed by atoms with Crippen LogP contribution in [0.15, 0.2) is 0 Å². The monoisotopic (exact) mass is 621 g/mol. The van der Waals surface area contributed by atoms with Crippen molar-refractivity contribution in [2.75, 3.05) is 19.6 Å². The number of hydrogen-bond acceptors (Lipinski definition) is 8. The van der Waals surface area contributed by atoms with Crippen LogP contribution in [0.5, 0.6) is 0 Å². The molecular weight excluding hydrogens is 587 g/mol. The first kappa shape index (κ1) is 34.9. The van der Waals surface area contributed by atoms with Gasteiger partial charge in [0.15, 0.2) is 0 Å². The molecule has 43 heavy (non-hydrogen) atoms. The number of aliphatic carboxylic acids is 2. The molecule has 0 aromatic rings. The van der Waals surface area contributed by atoms with Crippen LogP contribution in [0.25, 0.3) is 0 Å². The van der Waals surface area contributed by atoms with Crippen LogP contribution in [0, 0.1) is 11.8 Å². The van der Waals surface area contributed by atoms with Gasteiger partial charge in [0.1, 0.15) is 31.2 Å².